The summed E-state index contributed by atoms with van der Waals surface area (Å²) in [5.74, 6) is 0.741. The second kappa shape index (κ2) is 9.88. The van der Waals surface area contributed by atoms with Crippen LogP contribution in [-0.4, -0.2) is 65.5 Å². The van der Waals surface area contributed by atoms with Gasteiger partial charge in [-0.05, 0) is 56.2 Å². The third-order valence-corrected chi connectivity index (χ3v) is 6.64. The normalized spacial score (nSPS) is 20.4. The molecule has 1 atom stereocenters. The number of ether oxygens (including phenoxy) is 1. The van der Waals surface area contributed by atoms with E-state index in [1.165, 1.54) is 44.3 Å². The van der Waals surface area contributed by atoms with Crippen LogP contribution in [-0.2, 0) is 30.7 Å². The van der Waals surface area contributed by atoms with Gasteiger partial charge in [0.15, 0.2) is 0 Å². The van der Waals surface area contributed by atoms with Gasteiger partial charge in [-0.2, -0.15) is 5.10 Å². The molecule has 1 fully saturated rings. The molecule has 0 saturated carbocycles. The minimum absolute atomic E-state index is 0.699. The summed E-state index contributed by atoms with van der Waals surface area (Å²) in [5.41, 5.74) is 4.44. The van der Waals surface area contributed by atoms with Crippen LogP contribution in [0.15, 0.2) is 36.7 Å². The van der Waals surface area contributed by atoms with Crippen molar-refractivity contribution in [3.8, 4) is 0 Å². The van der Waals surface area contributed by atoms with Gasteiger partial charge in [0.05, 0.1) is 12.8 Å². The minimum Gasteiger partial charge on any atom is -0.383 e. The van der Waals surface area contributed by atoms with Gasteiger partial charge in [0.25, 0.3) is 0 Å². The Morgan fingerprint density at radius 2 is 2.00 bits per heavy atom. The average molecular weight is 397 g/mol. The molecule has 0 spiro atoms. The number of rotatable bonds is 9. The quantitative estimate of drug-likeness (QED) is 0.652. The molecule has 2 heterocycles. The fourth-order valence-electron chi connectivity index (χ4n) is 5.11. The van der Waals surface area contributed by atoms with E-state index in [1.54, 1.807) is 18.2 Å². The van der Waals surface area contributed by atoms with Crippen LogP contribution in [0.5, 0.6) is 0 Å². The van der Waals surface area contributed by atoms with Gasteiger partial charge in [0, 0.05) is 57.6 Å². The zero-order chi connectivity index (χ0) is 20.1. The van der Waals surface area contributed by atoms with Gasteiger partial charge in [0.1, 0.15) is 0 Å². The molecule has 0 bridgehead atoms. The molecule has 1 aliphatic carbocycles. The van der Waals surface area contributed by atoms with Crippen molar-refractivity contribution < 1.29 is 4.74 Å². The Kier molecular flexibility index (Phi) is 7.01. The predicted octanol–water partition coefficient (Wildman–Crippen LogP) is 3.23. The van der Waals surface area contributed by atoms with Crippen molar-refractivity contribution >= 4 is 0 Å². The molecule has 1 aromatic carbocycles. The average Bonchev–Trinajstić information content (AvgIpc) is 3.39. The highest BCUT2D eigenvalue weighted by atomic mass is 16.5. The van der Waals surface area contributed by atoms with Crippen LogP contribution in [0.3, 0.4) is 0 Å². The molecule has 0 N–H and O–H groups in total. The lowest BCUT2D eigenvalue weighted by Gasteiger charge is -2.38. The minimum atomic E-state index is 0.699. The molecule has 1 aromatic heterocycles. The first-order chi connectivity index (χ1) is 14.2. The smallest absolute Gasteiger partial charge is 0.0589 e. The Hall–Kier alpha value is -1.69. The predicted molar refractivity (Wildman–Crippen MR) is 117 cm³/mol. The van der Waals surface area contributed by atoms with Crippen LogP contribution >= 0.6 is 0 Å². The van der Waals surface area contributed by atoms with Gasteiger partial charge in [-0.1, -0.05) is 24.3 Å². The van der Waals surface area contributed by atoms with Crippen molar-refractivity contribution in [3.05, 3.63) is 53.3 Å². The van der Waals surface area contributed by atoms with Crippen molar-refractivity contribution in [2.45, 2.75) is 51.7 Å². The number of hydrogen-bond acceptors (Lipinski definition) is 4. The Balaban J connectivity index is 1.34. The first kappa shape index (κ1) is 20.6. The highest BCUT2D eigenvalue weighted by Gasteiger charge is 2.31. The van der Waals surface area contributed by atoms with E-state index in [1.807, 2.05) is 10.9 Å². The van der Waals surface area contributed by atoms with Crippen molar-refractivity contribution in [1.82, 2.24) is 19.6 Å². The van der Waals surface area contributed by atoms with E-state index in [4.69, 9.17) is 4.74 Å². The van der Waals surface area contributed by atoms with Crippen molar-refractivity contribution in [2.75, 3.05) is 39.9 Å². The number of aryl methyl sites for hydroxylation is 1. The first-order valence-electron chi connectivity index (χ1n) is 11.3. The summed E-state index contributed by atoms with van der Waals surface area (Å²) in [6, 6.07) is 9.72. The fourth-order valence-corrected chi connectivity index (χ4v) is 5.11. The summed E-state index contributed by atoms with van der Waals surface area (Å²) in [5, 5.41) is 4.45. The Bertz CT molecular complexity index is 749. The number of hydrogen-bond donors (Lipinski definition) is 0. The molecule has 0 unspecified atom stereocenters. The van der Waals surface area contributed by atoms with Crippen LogP contribution < -0.4 is 0 Å². The van der Waals surface area contributed by atoms with E-state index in [0.717, 1.165) is 38.7 Å². The van der Waals surface area contributed by atoms with Crippen LogP contribution in [0.1, 0.15) is 36.5 Å². The maximum absolute atomic E-state index is 5.39. The number of piperidine rings is 1. The summed E-state index contributed by atoms with van der Waals surface area (Å²) in [6.07, 6.45) is 9.32. The Labute approximate surface area is 175 Å². The molecule has 0 radical (unpaired) electrons. The third kappa shape index (κ3) is 5.27. The van der Waals surface area contributed by atoms with E-state index in [0.29, 0.717) is 6.04 Å². The van der Waals surface area contributed by atoms with Crippen molar-refractivity contribution in [3.63, 3.8) is 0 Å². The van der Waals surface area contributed by atoms with Gasteiger partial charge in [-0.3, -0.25) is 14.5 Å². The number of nitrogens with zero attached hydrogens (tertiary/aromatic N) is 4. The zero-order valence-electron chi connectivity index (χ0n) is 18.1. The van der Waals surface area contributed by atoms with E-state index in [-0.39, 0.29) is 0 Å². The van der Waals surface area contributed by atoms with E-state index < -0.39 is 0 Å². The highest BCUT2D eigenvalue weighted by Crippen LogP contribution is 2.29. The molecule has 2 aromatic rings. The van der Waals surface area contributed by atoms with Crippen LogP contribution in [0.4, 0.5) is 0 Å². The van der Waals surface area contributed by atoms with E-state index in [9.17, 15) is 0 Å². The standard InChI is InChI=1S/C24H36N4O/c1-3-28-19-21(15-25-28)17-26(11-12-29-2)16-20-7-6-10-27(18-20)24-13-22-8-4-5-9-23(22)14-24/h4-5,8-9,15,19-20,24H,3,6-7,10-14,16-18H2,1-2H3/t20-/m1/s1. The lowest BCUT2D eigenvalue weighted by molar-refractivity contribution is 0.0843. The summed E-state index contributed by atoms with van der Waals surface area (Å²) in [6.45, 7) is 9.45. The SMILES string of the molecule is CCn1cc(CN(CCOC)C[C@H]2CCCN(C3Cc4ccccc4C3)C2)cn1. The summed E-state index contributed by atoms with van der Waals surface area (Å²) in [4.78, 5) is 5.34. The maximum atomic E-state index is 5.39. The molecule has 0 amide bonds. The molecule has 5 heteroatoms. The molecule has 5 nitrogen and oxygen atoms in total. The highest BCUT2D eigenvalue weighted by molar-refractivity contribution is 5.33. The van der Waals surface area contributed by atoms with Gasteiger partial charge < -0.3 is 4.74 Å². The van der Waals surface area contributed by atoms with Gasteiger partial charge in [-0.15, -0.1) is 0 Å². The van der Waals surface area contributed by atoms with E-state index >= 15 is 0 Å². The number of fused-ring (bicyclic) bond motifs is 1. The van der Waals surface area contributed by atoms with Gasteiger partial charge in [-0.25, -0.2) is 0 Å². The largest absolute Gasteiger partial charge is 0.383 e. The topological polar surface area (TPSA) is 33.5 Å². The Morgan fingerprint density at radius 3 is 2.69 bits per heavy atom. The molecule has 4 rings (SSSR count). The van der Waals surface area contributed by atoms with Gasteiger partial charge in [0.2, 0.25) is 0 Å². The molecular formula is C24H36N4O. The number of methoxy groups -OCH3 is 1. The summed E-state index contributed by atoms with van der Waals surface area (Å²) >= 11 is 0. The van der Waals surface area contributed by atoms with Crippen molar-refractivity contribution in [1.29, 1.82) is 0 Å². The molecule has 29 heavy (non-hydrogen) atoms. The number of likely N-dealkylation sites (tertiary alicyclic amines) is 1. The fraction of sp³-hybridized carbons (Fsp3) is 0.625. The Morgan fingerprint density at radius 1 is 1.21 bits per heavy atom. The van der Waals surface area contributed by atoms with E-state index in [2.05, 4.69) is 52.3 Å². The number of benzene rings is 1. The molecule has 2 aliphatic rings. The zero-order valence-corrected chi connectivity index (χ0v) is 18.1. The monoisotopic (exact) mass is 396 g/mol. The number of aromatic nitrogens is 2. The lowest BCUT2D eigenvalue weighted by atomic mass is 9.95. The van der Waals surface area contributed by atoms with Crippen LogP contribution in [0.25, 0.3) is 0 Å². The molecule has 1 saturated heterocycles. The van der Waals surface area contributed by atoms with Crippen molar-refractivity contribution in [2.24, 2.45) is 5.92 Å². The lowest BCUT2D eigenvalue weighted by Crippen LogP contribution is -2.46. The third-order valence-electron chi connectivity index (χ3n) is 6.64. The summed E-state index contributed by atoms with van der Waals surface area (Å²) in [7, 11) is 1.80. The molecular weight excluding hydrogens is 360 g/mol. The van der Waals surface area contributed by atoms with Gasteiger partial charge >= 0.3 is 0 Å². The first-order valence-corrected chi connectivity index (χ1v) is 11.3. The van der Waals surface area contributed by atoms with Crippen LogP contribution in [0, 0.1) is 5.92 Å². The second-order valence-electron chi connectivity index (χ2n) is 8.77. The molecule has 1 aliphatic heterocycles. The molecule has 158 valence electrons. The maximum Gasteiger partial charge on any atom is 0.0589 e. The van der Waals surface area contributed by atoms with Crippen LogP contribution in [0.2, 0.25) is 0 Å². The summed E-state index contributed by atoms with van der Waals surface area (Å²) < 4.78 is 7.41. The second-order valence-corrected chi connectivity index (χ2v) is 8.77.